The Morgan fingerprint density at radius 3 is 2.64 bits per heavy atom. The molecule has 2 heterocycles. The second-order valence-electron chi connectivity index (χ2n) is 7.21. The monoisotopic (exact) mass is 374 g/mol. The predicted octanol–water partition coefficient (Wildman–Crippen LogP) is 4.35. The summed E-state index contributed by atoms with van der Waals surface area (Å²) >= 11 is 0. The molecule has 0 saturated heterocycles. The molecule has 1 N–H and O–H groups in total. The van der Waals surface area contributed by atoms with E-state index < -0.39 is 0 Å². The quantitative estimate of drug-likeness (QED) is 0.741. The van der Waals surface area contributed by atoms with Gasteiger partial charge in [0.05, 0.1) is 6.26 Å². The lowest BCUT2D eigenvalue weighted by Crippen LogP contribution is -2.35. The van der Waals surface area contributed by atoms with Crippen molar-refractivity contribution in [2.45, 2.75) is 26.8 Å². The third-order valence-electron chi connectivity index (χ3n) is 5.12. The number of fused-ring (bicyclic) bond motifs is 1. The number of anilines is 1. The van der Waals surface area contributed by atoms with Crippen LogP contribution in [0, 0.1) is 13.8 Å². The first-order chi connectivity index (χ1) is 13.5. The smallest absolute Gasteiger partial charge is 0.289 e. The number of nitrogens with one attached hydrogen (secondary N) is 1. The van der Waals surface area contributed by atoms with Gasteiger partial charge >= 0.3 is 0 Å². The molecule has 0 bridgehead atoms. The molecule has 0 saturated carbocycles. The van der Waals surface area contributed by atoms with Gasteiger partial charge in [-0.15, -0.1) is 0 Å². The highest BCUT2D eigenvalue weighted by atomic mass is 16.3. The molecule has 2 aromatic carbocycles. The van der Waals surface area contributed by atoms with Crippen LogP contribution in [0.4, 0.5) is 5.69 Å². The van der Waals surface area contributed by atoms with Crippen molar-refractivity contribution in [2.75, 3.05) is 11.9 Å². The van der Waals surface area contributed by atoms with Gasteiger partial charge in [-0.2, -0.15) is 0 Å². The van der Waals surface area contributed by atoms with Crippen LogP contribution in [-0.2, 0) is 13.0 Å². The van der Waals surface area contributed by atoms with E-state index in [4.69, 9.17) is 4.42 Å². The van der Waals surface area contributed by atoms with E-state index >= 15 is 0 Å². The van der Waals surface area contributed by atoms with Crippen LogP contribution in [0.25, 0.3) is 0 Å². The Bertz CT molecular complexity index is 1040. The average Bonchev–Trinajstić information content (AvgIpc) is 3.21. The molecular weight excluding hydrogens is 352 g/mol. The number of furan rings is 1. The molecule has 142 valence electrons. The molecule has 0 aliphatic carbocycles. The summed E-state index contributed by atoms with van der Waals surface area (Å²) in [4.78, 5) is 27.0. The highest BCUT2D eigenvalue weighted by molar-refractivity contribution is 6.05. The van der Waals surface area contributed by atoms with E-state index in [1.54, 1.807) is 17.0 Å². The van der Waals surface area contributed by atoms with Crippen LogP contribution in [0.1, 0.15) is 43.2 Å². The van der Waals surface area contributed by atoms with Gasteiger partial charge in [0.25, 0.3) is 11.8 Å². The van der Waals surface area contributed by atoms with Gasteiger partial charge < -0.3 is 14.6 Å². The van der Waals surface area contributed by atoms with Crippen LogP contribution in [-0.4, -0.2) is 23.3 Å². The first-order valence-electron chi connectivity index (χ1n) is 9.34. The van der Waals surface area contributed by atoms with E-state index in [1.165, 1.54) is 11.8 Å². The van der Waals surface area contributed by atoms with Gasteiger partial charge in [0, 0.05) is 24.3 Å². The SMILES string of the molecule is Cc1ccc(C(=O)Nc2ccc3c(c2)CN(C(=O)c2ccco2)CC3)c(C)c1. The number of carbonyl (C=O) groups is 2. The Kier molecular flexibility index (Phi) is 4.74. The molecule has 1 aromatic heterocycles. The number of benzene rings is 2. The van der Waals surface area contributed by atoms with E-state index in [0.717, 1.165) is 28.8 Å². The zero-order chi connectivity index (χ0) is 19.7. The number of nitrogens with zero attached hydrogens (tertiary/aromatic N) is 1. The zero-order valence-electron chi connectivity index (χ0n) is 16.0. The lowest BCUT2D eigenvalue weighted by atomic mass is 9.98. The lowest BCUT2D eigenvalue weighted by molar-refractivity contribution is 0.0702. The fourth-order valence-electron chi connectivity index (χ4n) is 3.63. The summed E-state index contributed by atoms with van der Waals surface area (Å²) in [5.74, 6) is 0.111. The fraction of sp³-hybridized carbons (Fsp3) is 0.217. The van der Waals surface area contributed by atoms with E-state index in [-0.39, 0.29) is 11.8 Å². The average molecular weight is 374 g/mol. The molecule has 28 heavy (non-hydrogen) atoms. The molecule has 4 rings (SSSR count). The summed E-state index contributed by atoms with van der Waals surface area (Å²) < 4.78 is 5.23. The van der Waals surface area contributed by atoms with Crippen LogP contribution in [0.2, 0.25) is 0 Å². The maximum absolute atomic E-state index is 12.7. The van der Waals surface area contributed by atoms with Crippen LogP contribution < -0.4 is 5.32 Å². The van der Waals surface area contributed by atoms with E-state index in [9.17, 15) is 9.59 Å². The van der Waals surface area contributed by atoms with Crippen molar-refractivity contribution in [3.63, 3.8) is 0 Å². The van der Waals surface area contributed by atoms with Crippen LogP contribution in [0.15, 0.2) is 59.2 Å². The molecule has 1 aliphatic heterocycles. The van der Waals surface area contributed by atoms with Crippen molar-refractivity contribution in [3.8, 4) is 0 Å². The van der Waals surface area contributed by atoms with Crippen molar-refractivity contribution < 1.29 is 14.0 Å². The molecule has 2 amide bonds. The number of aryl methyl sites for hydroxylation is 2. The molecule has 5 nitrogen and oxygen atoms in total. The van der Waals surface area contributed by atoms with Crippen LogP contribution >= 0.6 is 0 Å². The van der Waals surface area contributed by atoms with Gasteiger partial charge in [-0.05, 0) is 67.3 Å². The fourth-order valence-corrected chi connectivity index (χ4v) is 3.63. The van der Waals surface area contributed by atoms with Gasteiger partial charge in [-0.25, -0.2) is 0 Å². The maximum atomic E-state index is 12.7. The zero-order valence-corrected chi connectivity index (χ0v) is 16.0. The molecule has 0 fully saturated rings. The minimum absolute atomic E-state index is 0.111. The number of hydrogen-bond donors (Lipinski definition) is 1. The van der Waals surface area contributed by atoms with E-state index in [2.05, 4.69) is 5.32 Å². The summed E-state index contributed by atoms with van der Waals surface area (Å²) in [6.07, 6.45) is 2.29. The Morgan fingerprint density at radius 1 is 1.04 bits per heavy atom. The summed E-state index contributed by atoms with van der Waals surface area (Å²) in [5.41, 5.74) is 5.72. The number of carbonyl (C=O) groups excluding carboxylic acids is 2. The second kappa shape index (κ2) is 7.35. The van der Waals surface area contributed by atoms with Crippen molar-refractivity contribution in [1.82, 2.24) is 4.90 Å². The van der Waals surface area contributed by atoms with Gasteiger partial charge in [-0.3, -0.25) is 9.59 Å². The predicted molar refractivity (Wildman–Crippen MR) is 107 cm³/mol. The molecule has 0 spiro atoms. The molecule has 3 aromatic rings. The third kappa shape index (κ3) is 3.56. The lowest BCUT2D eigenvalue weighted by Gasteiger charge is -2.28. The largest absolute Gasteiger partial charge is 0.459 e. The van der Waals surface area contributed by atoms with E-state index in [1.807, 2.05) is 50.2 Å². The van der Waals surface area contributed by atoms with Crippen LogP contribution in [0.3, 0.4) is 0 Å². The minimum atomic E-state index is -0.128. The van der Waals surface area contributed by atoms with Gasteiger partial charge in [0.15, 0.2) is 5.76 Å². The van der Waals surface area contributed by atoms with Gasteiger partial charge in [-0.1, -0.05) is 23.8 Å². The summed E-state index contributed by atoms with van der Waals surface area (Å²) in [6, 6.07) is 15.1. The van der Waals surface area contributed by atoms with Crippen molar-refractivity contribution >= 4 is 17.5 Å². The summed E-state index contributed by atoms with van der Waals surface area (Å²) in [5, 5.41) is 2.98. The Labute approximate surface area is 164 Å². The number of amides is 2. The first-order valence-corrected chi connectivity index (χ1v) is 9.34. The summed E-state index contributed by atoms with van der Waals surface area (Å²) in [7, 11) is 0. The number of rotatable bonds is 3. The molecule has 5 heteroatoms. The van der Waals surface area contributed by atoms with Crippen molar-refractivity contribution in [3.05, 3.63) is 88.4 Å². The standard InChI is InChI=1S/C23H22N2O3/c1-15-5-8-20(16(2)12-15)22(26)24-19-7-6-17-9-10-25(14-18(17)13-19)23(27)21-4-3-11-28-21/h3-8,11-13H,9-10,14H2,1-2H3,(H,24,26). The van der Waals surface area contributed by atoms with Gasteiger partial charge in [0.2, 0.25) is 0 Å². The van der Waals surface area contributed by atoms with Crippen molar-refractivity contribution in [2.24, 2.45) is 0 Å². The maximum Gasteiger partial charge on any atom is 0.289 e. The van der Waals surface area contributed by atoms with E-state index in [0.29, 0.717) is 24.4 Å². The Morgan fingerprint density at radius 2 is 1.89 bits per heavy atom. The van der Waals surface area contributed by atoms with Crippen LogP contribution in [0.5, 0.6) is 0 Å². The molecule has 0 atom stereocenters. The molecular formula is C23H22N2O3. The minimum Gasteiger partial charge on any atom is -0.459 e. The molecule has 0 radical (unpaired) electrons. The van der Waals surface area contributed by atoms with Crippen molar-refractivity contribution in [1.29, 1.82) is 0 Å². The highest BCUT2D eigenvalue weighted by Crippen LogP contribution is 2.24. The molecule has 1 aliphatic rings. The number of hydrogen-bond acceptors (Lipinski definition) is 3. The Balaban J connectivity index is 1.51. The normalized spacial score (nSPS) is 13.1. The topological polar surface area (TPSA) is 62.6 Å². The molecule has 0 unspecified atom stereocenters. The third-order valence-corrected chi connectivity index (χ3v) is 5.12. The second-order valence-corrected chi connectivity index (χ2v) is 7.21. The summed E-state index contributed by atoms with van der Waals surface area (Å²) in [6.45, 7) is 5.10. The van der Waals surface area contributed by atoms with Gasteiger partial charge in [0.1, 0.15) is 0 Å². The Hall–Kier alpha value is -3.34. The highest BCUT2D eigenvalue weighted by Gasteiger charge is 2.23. The first kappa shape index (κ1) is 18.0.